The zero-order valence-corrected chi connectivity index (χ0v) is 26.2. The van der Waals surface area contributed by atoms with Gasteiger partial charge in [-0.25, -0.2) is 9.59 Å². The summed E-state index contributed by atoms with van der Waals surface area (Å²) in [4.78, 5) is 27.5. The molecule has 0 spiro atoms. The number of hydrogen-bond donors (Lipinski definition) is 1. The fourth-order valence-corrected chi connectivity index (χ4v) is 5.32. The van der Waals surface area contributed by atoms with Gasteiger partial charge in [0.2, 0.25) is 0 Å². The van der Waals surface area contributed by atoms with Crippen molar-refractivity contribution >= 4 is 11.9 Å². The smallest absolute Gasteiger partial charge is 0.336 e. The summed E-state index contributed by atoms with van der Waals surface area (Å²) < 4.78 is 24.8. The number of hydrogen-bond acceptors (Lipinski definition) is 7. The number of aromatic nitrogens is 1. The maximum Gasteiger partial charge on any atom is 0.336 e. The van der Waals surface area contributed by atoms with Crippen LogP contribution in [0.25, 0.3) is 5.69 Å². The van der Waals surface area contributed by atoms with Crippen LogP contribution in [0.4, 0.5) is 0 Å². The molecule has 1 aromatic heterocycles. The first-order valence-corrected chi connectivity index (χ1v) is 14.2. The number of carbonyl (C=O) groups excluding carboxylic acids is 2. The second kappa shape index (κ2) is 14.0. The van der Waals surface area contributed by atoms with E-state index in [-0.39, 0.29) is 37.3 Å². The van der Waals surface area contributed by atoms with E-state index in [1.54, 1.807) is 14.2 Å². The summed E-state index contributed by atoms with van der Waals surface area (Å²) in [7, 11) is 3.21. The first-order valence-electron chi connectivity index (χ1n) is 14.2. The number of ether oxygens (including phenoxy) is 4. The predicted octanol–water partition coefficient (Wildman–Crippen LogP) is 5.76. The molecule has 8 heteroatoms. The molecule has 1 N–H and O–H groups in total. The van der Waals surface area contributed by atoms with Crippen LogP contribution >= 0.6 is 0 Å². The van der Waals surface area contributed by atoms with E-state index in [1.807, 2.05) is 79.7 Å². The van der Waals surface area contributed by atoms with Gasteiger partial charge in [-0.1, -0.05) is 39.8 Å². The molecule has 224 valence electrons. The number of esters is 2. The standard InChI is InChI=1S/C33H46N2O6/c1-19(2)27(38-9)17-40-32(36)29-23(7)34-24(8)30(33(37)41-18-28(39-10)20(3)4)31(29)25-12-11-13-26(16-25)35-21(5)14-15-22(35)6/h11-16,19-20,27-28,31,34H,17-18H2,1-10H3. The molecule has 2 unspecified atom stereocenters. The highest BCUT2D eigenvalue weighted by atomic mass is 16.6. The molecule has 8 nitrogen and oxygen atoms in total. The summed E-state index contributed by atoms with van der Waals surface area (Å²) in [6.07, 6.45) is -0.497. The van der Waals surface area contributed by atoms with Gasteiger partial charge >= 0.3 is 11.9 Å². The molecule has 0 fully saturated rings. The van der Waals surface area contributed by atoms with Gasteiger partial charge in [0.1, 0.15) is 13.2 Å². The second-order valence-electron chi connectivity index (χ2n) is 11.4. The highest BCUT2D eigenvalue weighted by molar-refractivity contribution is 6.00. The van der Waals surface area contributed by atoms with Crippen LogP contribution < -0.4 is 5.32 Å². The topological polar surface area (TPSA) is 88.0 Å². The lowest BCUT2D eigenvalue weighted by atomic mass is 9.80. The van der Waals surface area contributed by atoms with Crippen LogP contribution in [0.3, 0.4) is 0 Å². The first-order chi connectivity index (χ1) is 19.4. The summed E-state index contributed by atoms with van der Waals surface area (Å²) >= 11 is 0. The molecule has 3 rings (SSSR count). The molecular weight excluding hydrogens is 520 g/mol. The molecule has 0 saturated carbocycles. The number of dihydropyridines is 1. The minimum absolute atomic E-state index is 0.102. The van der Waals surface area contributed by atoms with E-state index in [2.05, 4.69) is 22.0 Å². The van der Waals surface area contributed by atoms with Gasteiger partial charge in [-0.2, -0.15) is 0 Å². The molecule has 0 amide bonds. The van der Waals surface area contributed by atoms with Gasteiger partial charge in [0.05, 0.1) is 29.3 Å². The summed E-state index contributed by atoms with van der Waals surface area (Å²) in [5.41, 5.74) is 5.88. The molecule has 2 heterocycles. The number of allylic oxidation sites excluding steroid dienone is 2. The van der Waals surface area contributed by atoms with Gasteiger partial charge in [0.25, 0.3) is 0 Å². The number of methoxy groups -OCH3 is 2. The number of rotatable bonds is 12. The molecule has 1 aliphatic heterocycles. The summed E-state index contributed by atoms with van der Waals surface area (Å²) in [6, 6.07) is 12.1. The van der Waals surface area contributed by atoms with E-state index in [9.17, 15) is 9.59 Å². The molecule has 2 atom stereocenters. The third-order valence-electron chi connectivity index (χ3n) is 7.78. The van der Waals surface area contributed by atoms with Crippen molar-refractivity contribution in [2.45, 2.75) is 73.5 Å². The first kappa shape index (κ1) is 32.2. The van der Waals surface area contributed by atoms with Crippen molar-refractivity contribution in [3.8, 4) is 5.69 Å². The normalized spacial score (nSPS) is 17.1. The van der Waals surface area contributed by atoms with E-state index >= 15 is 0 Å². The quantitative estimate of drug-likeness (QED) is 0.327. The second-order valence-corrected chi connectivity index (χ2v) is 11.4. The Labute approximate surface area is 244 Å². The summed E-state index contributed by atoms with van der Waals surface area (Å²) in [5, 5.41) is 3.24. The van der Waals surface area contributed by atoms with Crippen LogP contribution in [0.15, 0.2) is 58.9 Å². The van der Waals surface area contributed by atoms with Crippen molar-refractivity contribution in [2.24, 2.45) is 11.8 Å². The van der Waals surface area contributed by atoms with Gasteiger partial charge in [0.15, 0.2) is 0 Å². The van der Waals surface area contributed by atoms with Crippen molar-refractivity contribution in [2.75, 3.05) is 27.4 Å². The van der Waals surface area contributed by atoms with E-state index in [1.165, 1.54) is 0 Å². The van der Waals surface area contributed by atoms with Crippen molar-refractivity contribution in [3.63, 3.8) is 0 Å². The Morgan fingerprint density at radius 3 is 1.66 bits per heavy atom. The van der Waals surface area contributed by atoms with Crippen molar-refractivity contribution < 1.29 is 28.5 Å². The Bertz CT molecular complexity index is 1230. The molecule has 2 aromatic rings. The third kappa shape index (κ3) is 7.29. The fraction of sp³-hybridized carbons (Fsp3) is 0.515. The zero-order chi connectivity index (χ0) is 30.4. The number of nitrogens with zero attached hydrogens (tertiary/aromatic N) is 1. The molecule has 0 aliphatic carbocycles. The lowest BCUT2D eigenvalue weighted by molar-refractivity contribution is -0.144. The minimum atomic E-state index is -0.701. The molecular formula is C33H46N2O6. The number of aryl methyl sites for hydroxylation is 2. The molecule has 0 radical (unpaired) electrons. The Kier molecular flexibility index (Phi) is 11.0. The van der Waals surface area contributed by atoms with Crippen LogP contribution in [-0.2, 0) is 28.5 Å². The lowest BCUT2D eigenvalue weighted by Gasteiger charge is -2.31. The Morgan fingerprint density at radius 1 is 0.780 bits per heavy atom. The Balaban J connectivity index is 2.09. The van der Waals surface area contributed by atoms with Crippen molar-refractivity contribution in [1.82, 2.24) is 9.88 Å². The van der Waals surface area contributed by atoms with Gasteiger partial charge < -0.3 is 28.8 Å². The van der Waals surface area contributed by atoms with E-state index in [0.29, 0.717) is 22.5 Å². The maximum absolute atomic E-state index is 13.8. The summed E-state index contributed by atoms with van der Waals surface area (Å²) in [6.45, 7) is 16.0. The van der Waals surface area contributed by atoms with Crippen LogP contribution in [0.5, 0.6) is 0 Å². The summed E-state index contributed by atoms with van der Waals surface area (Å²) in [5.74, 6) is -1.38. The Hall–Kier alpha value is -3.36. The molecule has 0 saturated heterocycles. The third-order valence-corrected chi connectivity index (χ3v) is 7.78. The van der Waals surface area contributed by atoms with Gasteiger partial charge in [-0.3, -0.25) is 0 Å². The maximum atomic E-state index is 13.8. The van der Waals surface area contributed by atoms with Gasteiger partial charge in [0, 0.05) is 42.7 Å². The average molecular weight is 567 g/mol. The Morgan fingerprint density at radius 2 is 1.24 bits per heavy atom. The fourth-order valence-electron chi connectivity index (χ4n) is 5.32. The van der Waals surface area contributed by atoms with Gasteiger partial charge in [-0.05, 0) is 69.4 Å². The zero-order valence-electron chi connectivity index (χ0n) is 26.2. The predicted molar refractivity (Wildman–Crippen MR) is 160 cm³/mol. The number of carbonyl (C=O) groups is 2. The van der Waals surface area contributed by atoms with E-state index in [4.69, 9.17) is 18.9 Å². The SMILES string of the molecule is COC(COC(=O)C1=C(C)NC(C)=C(C(=O)OCC(OC)C(C)C)C1c1cccc(-n2c(C)ccc2C)c1)C(C)C. The van der Waals surface area contributed by atoms with Crippen molar-refractivity contribution in [3.05, 3.63) is 75.9 Å². The minimum Gasteiger partial charge on any atom is -0.459 e. The van der Waals surface area contributed by atoms with Crippen LogP contribution in [0.2, 0.25) is 0 Å². The largest absolute Gasteiger partial charge is 0.459 e. The highest BCUT2D eigenvalue weighted by Crippen LogP contribution is 2.40. The van der Waals surface area contributed by atoms with Crippen LogP contribution in [0.1, 0.15) is 64.4 Å². The number of nitrogens with one attached hydrogen (secondary N) is 1. The lowest BCUT2D eigenvalue weighted by Crippen LogP contribution is -2.35. The van der Waals surface area contributed by atoms with Gasteiger partial charge in [-0.15, -0.1) is 0 Å². The van der Waals surface area contributed by atoms with E-state index < -0.39 is 17.9 Å². The van der Waals surface area contributed by atoms with Crippen molar-refractivity contribution in [1.29, 1.82) is 0 Å². The van der Waals surface area contributed by atoms with Crippen LogP contribution in [-0.4, -0.2) is 56.1 Å². The molecule has 1 aliphatic rings. The monoisotopic (exact) mass is 566 g/mol. The molecule has 41 heavy (non-hydrogen) atoms. The molecule has 0 bridgehead atoms. The van der Waals surface area contributed by atoms with E-state index in [0.717, 1.165) is 22.6 Å². The molecule has 1 aromatic carbocycles. The van der Waals surface area contributed by atoms with Crippen LogP contribution in [0, 0.1) is 25.7 Å². The highest BCUT2D eigenvalue weighted by Gasteiger charge is 2.39. The average Bonchev–Trinajstić information content (AvgIpc) is 3.25. The number of benzene rings is 1.